The zero-order valence-corrected chi connectivity index (χ0v) is 15.1. The van der Waals surface area contributed by atoms with Crippen LogP contribution in [0.1, 0.15) is 22.2 Å². The van der Waals surface area contributed by atoms with Crippen molar-refractivity contribution < 1.29 is 13.2 Å². The molecule has 1 aromatic carbocycles. The maximum absolute atomic E-state index is 13.2. The van der Waals surface area contributed by atoms with Gasteiger partial charge in [-0.1, -0.05) is 11.6 Å². The van der Waals surface area contributed by atoms with Gasteiger partial charge < -0.3 is 15.6 Å². The van der Waals surface area contributed by atoms with E-state index >= 15 is 0 Å². The highest BCUT2D eigenvalue weighted by Gasteiger charge is 2.36. The molecule has 10 heteroatoms. The average Bonchev–Trinajstić information content (AvgIpc) is 3.00. The zero-order valence-electron chi connectivity index (χ0n) is 13.5. The van der Waals surface area contributed by atoms with Gasteiger partial charge in [-0.3, -0.25) is 4.79 Å². The summed E-state index contributed by atoms with van der Waals surface area (Å²) >= 11 is 5.98. The predicted octanol–water partition coefficient (Wildman–Crippen LogP) is 0.508. The second-order valence-corrected chi connectivity index (χ2v) is 8.10. The lowest BCUT2D eigenvalue weighted by Gasteiger charge is -2.34. The lowest BCUT2D eigenvalue weighted by Crippen LogP contribution is -2.49. The average molecular weight is 384 g/mol. The molecule has 0 spiro atoms. The van der Waals surface area contributed by atoms with Crippen LogP contribution in [0.3, 0.4) is 0 Å². The molecule has 0 saturated carbocycles. The molecule has 2 heterocycles. The molecule has 1 aliphatic rings. The first-order valence-electron chi connectivity index (χ1n) is 7.61. The van der Waals surface area contributed by atoms with Crippen LogP contribution in [0, 0.1) is 0 Å². The molecule has 1 aromatic heterocycles. The number of aromatic nitrogens is 2. The number of halogens is 1. The van der Waals surface area contributed by atoms with Gasteiger partial charge in [0.25, 0.3) is 0 Å². The van der Waals surface area contributed by atoms with E-state index in [0.29, 0.717) is 18.9 Å². The van der Waals surface area contributed by atoms with Gasteiger partial charge in [-0.15, -0.1) is 0 Å². The van der Waals surface area contributed by atoms with E-state index in [4.69, 9.17) is 17.3 Å². The molecule has 1 unspecified atom stereocenters. The van der Waals surface area contributed by atoms with Gasteiger partial charge in [-0.05, 0) is 18.2 Å². The van der Waals surface area contributed by atoms with Crippen LogP contribution in [-0.4, -0.2) is 47.8 Å². The molecule has 25 heavy (non-hydrogen) atoms. The first-order chi connectivity index (χ1) is 11.8. The summed E-state index contributed by atoms with van der Waals surface area (Å²) in [4.78, 5) is 15.7. The molecule has 2 aromatic rings. The third-order valence-electron chi connectivity index (χ3n) is 4.11. The minimum Gasteiger partial charge on any atom is -0.366 e. The van der Waals surface area contributed by atoms with Gasteiger partial charge in [0.05, 0.1) is 10.9 Å². The van der Waals surface area contributed by atoms with E-state index in [-0.39, 0.29) is 22.0 Å². The van der Waals surface area contributed by atoms with Crippen molar-refractivity contribution in [2.75, 3.05) is 19.6 Å². The SMILES string of the molecule is Cn1ccnc1C1CNCCN1S(=O)(=O)c1cc(Cl)cc(C(N)=O)c1. The Morgan fingerprint density at radius 1 is 1.40 bits per heavy atom. The second-order valence-electron chi connectivity index (χ2n) is 5.77. The van der Waals surface area contributed by atoms with E-state index in [9.17, 15) is 13.2 Å². The monoisotopic (exact) mass is 383 g/mol. The minimum absolute atomic E-state index is 0.0507. The van der Waals surface area contributed by atoms with E-state index in [1.807, 2.05) is 7.05 Å². The van der Waals surface area contributed by atoms with E-state index < -0.39 is 22.0 Å². The number of nitrogens with two attached hydrogens (primary N) is 1. The van der Waals surface area contributed by atoms with Crippen molar-refractivity contribution in [1.29, 1.82) is 0 Å². The highest BCUT2D eigenvalue weighted by Crippen LogP contribution is 2.29. The molecule has 1 amide bonds. The number of amides is 1. The Morgan fingerprint density at radius 3 is 2.80 bits per heavy atom. The zero-order chi connectivity index (χ0) is 18.2. The number of sulfonamides is 1. The molecule has 0 bridgehead atoms. The van der Waals surface area contributed by atoms with Crippen molar-refractivity contribution >= 4 is 27.5 Å². The van der Waals surface area contributed by atoms with Crippen molar-refractivity contribution in [3.05, 3.63) is 47.0 Å². The lowest BCUT2D eigenvalue weighted by atomic mass is 10.2. The molecule has 0 radical (unpaired) electrons. The fraction of sp³-hybridized carbons (Fsp3) is 0.333. The molecule has 134 valence electrons. The van der Waals surface area contributed by atoms with Crippen molar-refractivity contribution in [3.63, 3.8) is 0 Å². The Morgan fingerprint density at radius 2 is 2.16 bits per heavy atom. The number of carbonyl (C=O) groups is 1. The number of primary amides is 1. The van der Waals surface area contributed by atoms with Crippen LogP contribution in [0.5, 0.6) is 0 Å². The van der Waals surface area contributed by atoms with E-state index in [0.717, 1.165) is 0 Å². The number of nitrogens with one attached hydrogen (secondary N) is 1. The highest BCUT2D eigenvalue weighted by atomic mass is 35.5. The minimum atomic E-state index is -3.88. The summed E-state index contributed by atoms with van der Waals surface area (Å²) in [6, 6.07) is 3.45. The van der Waals surface area contributed by atoms with E-state index in [2.05, 4.69) is 10.3 Å². The fourth-order valence-corrected chi connectivity index (χ4v) is 4.84. The molecule has 0 aliphatic carbocycles. The third-order valence-corrected chi connectivity index (χ3v) is 6.22. The first-order valence-corrected chi connectivity index (χ1v) is 9.42. The van der Waals surface area contributed by atoms with Crippen LogP contribution >= 0.6 is 11.6 Å². The molecule has 1 atom stereocenters. The molecule has 1 aliphatic heterocycles. The summed E-state index contributed by atoms with van der Waals surface area (Å²) in [7, 11) is -2.07. The summed E-state index contributed by atoms with van der Waals surface area (Å²) in [5, 5.41) is 3.32. The second kappa shape index (κ2) is 6.75. The summed E-state index contributed by atoms with van der Waals surface area (Å²) in [6.45, 7) is 1.23. The first kappa shape index (κ1) is 17.9. The van der Waals surface area contributed by atoms with Crippen LogP contribution in [-0.2, 0) is 17.1 Å². The number of hydrogen-bond acceptors (Lipinski definition) is 5. The van der Waals surface area contributed by atoms with Crippen molar-refractivity contribution in [2.24, 2.45) is 12.8 Å². The lowest BCUT2D eigenvalue weighted by molar-refractivity contribution is 0.1000. The van der Waals surface area contributed by atoms with Gasteiger partial charge in [0.1, 0.15) is 5.82 Å². The summed E-state index contributed by atoms with van der Waals surface area (Å²) < 4.78 is 29.5. The summed E-state index contributed by atoms with van der Waals surface area (Å²) in [5.74, 6) is -0.104. The molecular formula is C15H18ClN5O3S. The highest BCUT2D eigenvalue weighted by molar-refractivity contribution is 7.89. The Labute approximate surface area is 150 Å². The Kier molecular flexibility index (Phi) is 4.83. The van der Waals surface area contributed by atoms with Gasteiger partial charge in [-0.2, -0.15) is 4.31 Å². The maximum Gasteiger partial charge on any atom is 0.248 e. The summed E-state index contributed by atoms with van der Waals surface area (Å²) in [6.07, 6.45) is 3.39. The third kappa shape index (κ3) is 3.40. The number of aryl methyl sites for hydroxylation is 1. The standard InChI is InChI=1S/C15H18ClN5O3S/c1-20-4-3-19-15(20)13-9-18-2-5-21(13)25(23,24)12-7-10(14(17)22)6-11(16)8-12/h3-4,6-8,13,18H,2,5,9H2,1H3,(H2,17,22). The molecule has 8 nitrogen and oxygen atoms in total. The molecule has 1 saturated heterocycles. The van der Waals surface area contributed by atoms with E-state index in [1.165, 1.54) is 22.5 Å². The van der Waals surface area contributed by atoms with Gasteiger partial charge in [0.2, 0.25) is 15.9 Å². The van der Waals surface area contributed by atoms with E-state index in [1.54, 1.807) is 17.0 Å². The number of piperazine rings is 1. The molecule has 3 rings (SSSR count). The number of carbonyl (C=O) groups excluding carboxylic acids is 1. The fourth-order valence-electron chi connectivity index (χ4n) is 2.88. The number of hydrogen-bond donors (Lipinski definition) is 2. The number of imidazole rings is 1. The van der Waals surface area contributed by atoms with Gasteiger partial charge in [0, 0.05) is 49.7 Å². The van der Waals surface area contributed by atoms with Crippen molar-refractivity contribution in [3.8, 4) is 0 Å². The van der Waals surface area contributed by atoms with Crippen molar-refractivity contribution in [2.45, 2.75) is 10.9 Å². The Balaban J connectivity index is 2.06. The normalized spacial score (nSPS) is 19.0. The summed E-state index contributed by atoms with van der Waals surface area (Å²) in [5.41, 5.74) is 5.32. The maximum atomic E-state index is 13.2. The Bertz CT molecular complexity index is 912. The number of benzene rings is 1. The largest absolute Gasteiger partial charge is 0.366 e. The molecule has 3 N–H and O–H groups in total. The Hall–Kier alpha value is -1.94. The smallest absolute Gasteiger partial charge is 0.248 e. The van der Waals surface area contributed by atoms with Crippen molar-refractivity contribution in [1.82, 2.24) is 19.2 Å². The van der Waals surface area contributed by atoms with Crippen LogP contribution in [0.15, 0.2) is 35.5 Å². The number of rotatable bonds is 4. The quantitative estimate of drug-likeness (QED) is 0.799. The van der Waals surface area contributed by atoms with Crippen LogP contribution in [0.2, 0.25) is 5.02 Å². The topological polar surface area (TPSA) is 110 Å². The van der Waals surface area contributed by atoms with Crippen LogP contribution in [0.25, 0.3) is 0 Å². The van der Waals surface area contributed by atoms with Gasteiger partial charge in [0.15, 0.2) is 0 Å². The number of nitrogens with zero attached hydrogens (tertiary/aromatic N) is 3. The van der Waals surface area contributed by atoms with Gasteiger partial charge >= 0.3 is 0 Å². The van der Waals surface area contributed by atoms with Crippen LogP contribution in [0.4, 0.5) is 0 Å². The molecule has 1 fully saturated rings. The predicted molar refractivity (Wildman–Crippen MR) is 92.7 cm³/mol. The molecular weight excluding hydrogens is 366 g/mol. The van der Waals surface area contributed by atoms with Gasteiger partial charge in [-0.25, -0.2) is 13.4 Å². The van der Waals surface area contributed by atoms with Crippen LogP contribution < -0.4 is 11.1 Å².